The van der Waals surface area contributed by atoms with Crippen molar-refractivity contribution in [1.29, 1.82) is 0 Å². The van der Waals surface area contributed by atoms with Crippen LogP contribution in [0.3, 0.4) is 0 Å². The molecule has 2 aromatic rings. The number of benzene rings is 2. The van der Waals surface area contributed by atoms with Crippen LogP contribution in [0.5, 0.6) is 0 Å². The molecule has 1 fully saturated rings. The molecule has 1 aliphatic rings. The number of halogens is 2. The van der Waals surface area contributed by atoms with Crippen LogP contribution in [0.1, 0.15) is 12.0 Å². The topological polar surface area (TPSA) is 58.2 Å². The maximum absolute atomic E-state index is 13.5. The molecule has 2 unspecified atom stereocenters. The van der Waals surface area contributed by atoms with E-state index in [1.165, 1.54) is 6.07 Å². The normalized spacial score (nSPS) is 18.8. The third-order valence-corrected chi connectivity index (χ3v) is 4.46. The van der Waals surface area contributed by atoms with E-state index in [0.29, 0.717) is 17.7 Å². The molecule has 2 atom stereocenters. The second-order valence-electron chi connectivity index (χ2n) is 5.76. The molecule has 2 N–H and O–H groups in total. The molecule has 0 saturated heterocycles. The van der Waals surface area contributed by atoms with Crippen LogP contribution in [0.4, 0.5) is 10.1 Å². The van der Waals surface area contributed by atoms with Gasteiger partial charge < -0.3 is 10.6 Å². The fraction of sp³-hybridized carbons (Fsp3) is 0.222. The van der Waals surface area contributed by atoms with Crippen LogP contribution in [0.25, 0.3) is 0 Å². The summed E-state index contributed by atoms with van der Waals surface area (Å²) < 4.78 is 14.4. The fourth-order valence-electron chi connectivity index (χ4n) is 2.53. The lowest BCUT2D eigenvalue weighted by molar-refractivity contribution is -0.125. The van der Waals surface area contributed by atoms with E-state index in [1.807, 2.05) is 12.1 Å². The van der Waals surface area contributed by atoms with E-state index in [1.54, 1.807) is 30.3 Å². The first-order chi connectivity index (χ1) is 11.5. The minimum Gasteiger partial charge on any atom is -0.352 e. The zero-order valence-corrected chi connectivity index (χ0v) is 14.3. The molecule has 2 aromatic carbocycles. The van der Waals surface area contributed by atoms with Gasteiger partial charge in [0.2, 0.25) is 11.8 Å². The Morgan fingerprint density at radius 2 is 1.83 bits per heavy atom. The van der Waals surface area contributed by atoms with Crippen molar-refractivity contribution < 1.29 is 14.0 Å². The molecule has 0 spiro atoms. The molecule has 3 rings (SSSR count). The predicted octanol–water partition coefficient (Wildman–Crippen LogP) is 3.48. The number of nitrogens with one attached hydrogen (secondary N) is 2. The molecule has 4 nitrogen and oxygen atoms in total. The Labute approximate surface area is 147 Å². The molecule has 0 heterocycles. The Morgan fingerprint density at radius 1 is 1.08 bits per heavy atom. The van der Waals surface area contributed by atoms with Crippen molar-refractivity contribution in [3.05, 3.63) is 64.4 Å². The van der Waals surface area contributed by atoms with Crippen molar-refractivity contribution in [2.45, 2.75) is 13.0 Å². The van der Waals surface area contributed by atoms with Gasteiger partial charge in [-0.1, -0.05) is 40.2 Å². The van der Waals surface area contributed by atoms with E-state index in [0.717, 1.165) is 4.47 Å². The van der Waals surface area contributed by atoms with Gasteiger partial charge in [0.1, 0.15) is 5.82 Å². The van der Waals surface area contributed by atoms with Gasteiger partial charge in [-0.3, -0.25) is 9.59 Å². The van der Waals surface area contributed by atoms with Gasteiger partial charge >= 0.3 is 0 Å². The first-order valence-electron chi connectivity index (χ1n) is 7.62. The van der Waals surface area contributed by atoms with Crippen LogP contribution in [0.2, 0.25) is 0 Å². The highest BCUT2D eigenvalue weighted by atomic mass is 79.9. The molecule has 1 aliphatic carbocycles. The quantitative estimate of drug-likeness (QED) is 0.820. The van der Waals surface area contributed by atoms with Crippen molar-refractivity contribution in [2.24, 2.45) is 11.8 Å². The van der Waals surface area contributed by atoms with Crippen molar-refractivity contribution in [3.8, 4) is 0 Å². The summed E-state index contributed by atoms with van der Waals surface area (Å²) in [6.07, 6.45) is 0.517. The molecule has 24 heavy (non-hydrogen) atoms. The van der Waals surface area contributed by atoms with Gasteiger partial charge in [0, 0.05) is 22.3 Å². The summed E-state index contributed by atoms with van der Waals surface area (Å²) in [6, 6.07) is 13.6. The van der Waals surface area contributed by atoms with Crippen LogP contribution in [0, 0.1) is 17.7 Å². The first kappa shape index (κ1) is 16.6. The summed E-state index contributed by atoms with van der Waals surface area (Å²) in [6.45, 7) is 0.127. The predicted molar refractivity (Wildman–Crippen MR) is 92.6 cm³/mol. The van der Waals surface area contributed by atoms with Crippen LogP contribution in [-0.4, -0.2) is 11.8 Å². The van der Waals surface area contributed by atoms with Gasteiger partial charge in [-0.15, -0.1) is 0 Å². The van der Waals surface area contributed by atoms with Crippen molar-refractivity contribution in [1.82, 2.24) is 5.32 Å². The van der Waals surface area contributed by atoms with Crippen molar-refractivity contribution in [3.63, 3.8) is 0 Å². The summed E-state index contributed by atoms with van der Waals surface area (Å²) in [4.78, 5) is 24.3. The van der Waals surface area contributed by atoms with E-state index in [9.17, 15) is 14.0 Å². The summed E-state index contributed by atoms with van der Waals surface area (Å²) >= 11 is 3.34. The largest absolute Gasteiger partial charge is 0.352 e. The third-order valence-electron chi connectivity index (χ3n) is 3.97. The number of anilines is 1. The van der Waals surface area contributed by atoms with Crippen LogP contribution < -0.4 is 10.6 Å². The highest BCUT2D eigenvalue weighted by molar-refractivity contribution is 9.10. The lowest BCUT2D eigenvalue weighted by Crippen LogP contribution is -2.27. The van der Waals surface area contributed by atoms with E-state index in [-0.39, 0.29) is 36.0 Å². The van der Waals surface area contributed by atoms with Crippen molar-refractivity contribution >= 4 is 33.4 Å². The van der Waals surface area contributed by atoms with Gasteiger partial charge in [0.25, 0.3) is 0 Å². The average molecular weight is 391 g/mol. The lowest BCUT2D eigenvalue weighted by Gasteiger charge is -2.07. The summed E-state index contributed by atoms with van der Waals surface area (Å²) in [5.74, 6) is -1.40. The molecule has 2 amide bonds. The number of amides is 2. The Bertz CT molecular complexity index is 781. The van der Waals surface area contributed by atoms with Gasteiger partial charge in [-0.2, -0.15) is 0 Å². The molecule has 1 saturated carbocycles. The standard InChI is InChI=1S/C18H16BrFN2O2/c19-12-5-3-6-13(8-12)22-18(24)15-9-14(15)17(23)21-10-11-4-1-2-7-16(11)20/h1-8,14-15H,9-10H2,(H,21,23)(H,22,24). The highest BCUT2D eigenvalue weighted by Gasteiger charge is 2.47. The minimum absolute atomic E-state index is 0.127. The molecular weight excluding hydrogens is 375 g/mol. The van der Waals surface area contributed by atoms with Gasteiger partial charge in [0.15, 0.2) is 0 Å². The monoisotopic (exact) mass is 390 g/mol. The molecule has 0 radical (unpaired) electrons. The van der Waals surface area contributed by atoms with Crippen LogP contribution in [0.15, 0.2) is 53.0 Å². The molecule has 0 bridgehead atoms. The van der Waals surface area contributed by atoms with E-state index in [2.05, 4.69) is 26.6 Å². The summed E-state index contributed by atoms with van der Waals surface area (Å²) in [7, 11) is 0. The number of hydrogen-bond acceptors (Lipinski definition) is 2. The van der Waals surface area contributed by atoms with Crippen molar-refractivity contribution in [2.75, 3.05) is 5.32 Å². The summed E-state index contributed by atoms with van der Waals surface area (Å²) in [5.41, 5.74) is 1.12. The second-order valence-corrected chi connectivity index (χ2v) is 6.67. The Balaban J connectivity index is 1.50. The molecule has 124 valence electrons. The Hall–Kier alpha value is -2.21. The average Bonchev–Trinajstić information content (AvgIpc) is 3.35. The Kier molecular flexibility index (Phi) is 4.94. The lowest BCUT2D eigenvalue weighted by atomic mass is 10.2. The van der Waals surface area contributed by atoms with Crippen LogP contribution >= 0.6 is 15.9 Å². The number of carbonyl (C=O) groups excluding carboxylic acids is 2. The molecule has 6 heteroatoms. The van der Waals surface area contributed by atoms with E-state index in [4.69, 9.17) is 0 Å². The number of rotatable bonds is 5. The number of carbonyl (C=O) groups is 2. The smallest absolute Gasteiger partial charge is 0.228 e. The zero-order chi connectivity index (χ0) is 17.1. The van der Waals surface area contributed by atoms with Gasteiger partial charge in [-0.05, 0) is 30.7 Å². The highest BCUT2D eigenvalue weighted by Crippen LogP contribution is 2.39. The van der Waals surface area contributed by atoms with E-state index < -0.39 is 0 Å². The van der Waals surface area contributed by atoms with Gasteiger partial charge in [0.05, 0.1) is 11.8 Å². The SMILES string of the molecule is O=C(NCc1ccccc1F)C1CC1C(=O)Nc1cccc(Br)c1. The van der Waals surface area contributed by atoms with E-state index >= 15 is 0 Å². The maximum Gasteiger partial charge on any atom is 0.228 e. The zero-order valence-electron chi connectivity index (χ0n) is 12.8. The van der Waals surface area contributed by atoms with Crippen LogP contribution in [-0.2, 0) is 16.1 Å². The number of hydrogen-bond donors (Lipinski definition) is 2. The Morgan fingerprint density at radius 3 is 2.58 bits per heavy atom. The summed E-state index contributed by atoms with van der Waals surface area (Å²) in [5, 5.41) is 5.50. The minimum atomic E-state index is -0.349. The third kappa shape index (κ3) is 4.00. The maximum atomic E-state index is 13.5. The van der Waals surface area contributed by atoms with Gasteiger partial charge in [-0.25, -0.2) is 4.39 Å². The first-order valence-corrected chi connectivity index (χ1v) is 8.41. The molecular formula is C18H16BrFN2O2. The molecule has 0 aromatic heterocycles. The fourth-order valence-corrected chi connectivity index (χ4v) is 2.93. The molecule has 0 aliphatic heterocycles. The second kappa shape index (κ2) is 7.13.